The molecule has 1 heterocycles. The van der Waals surface area contributed by atoms with Crippen molar-refractivity contribution in [3.8, 4) is 0 Å². The number of rotatable bonds is 6. The maximum absolute atomic E-state index is 6.32. The average Bonchev–Trinajstić information content (AvgIpc) is 2.75. The van der Waals surface area contributed by atoms with Gasteiger partial charge in [0.2, 0.25) is 0 Å². The summed E-state index contributed by atoms with van der Waals surface area (Å²) < 4.78 is 2.20. The second kappa shape index (κ2) is 6.60. The normalized spacial score (nSPS) is 11.6. The first-order valence-corrected chi connectivity index (χ1v) is 7.46. The Balaban J connectivity index is 2.39. The summed E-state index contributed by atoms with van der Waals surface area (Å²) in [5.41, 5.74) is 1.97. The molecule has 0 aliphatic heterocycles. The van der Waals surface area contributed by atoms with Crippen molar-refractivity contribution >= 4 is 34.2 Å². The lowest BCUT2D eigenvalue weighted by Gasteiger charge is -2.16. The number of aryl methyl sites for hydroxylation is 1. The third kappa shape index (κ3) is 3.22. The van der Waals surface area contributed by atoms with Crippen LogP contribution in [0.5, 0.6) is 0 Å². The summed E-state index contributed by atoms with van der Waals surface area (Å²) in [4.78, 5) is 6.91. The lowest BCUT2D eigenvalue weighted by Crippen LogP contribution is -2.23. The van der Waals surface area contributed by atoms with Crippen LogP contribution in [-0.2, 0) is 13.0 Å². The van der Waals surface area contributed by atoms with Crippen molar-refractivity contribution in [3.05, 3.63) is 29.0 Å². The lowest BCUT2D eigenvalue weighted by molar-refractivity contribution is 0.335. The maximum Gasteiger partial charge on any atom is 0.111 e. The Hall–Kier alpha value is -0.770. The number of benzene rings is 1. The molecule has 0 fully saturated rings. The van der Waals surface area contributed by atoms with E-state index < -0.39 is 0 Å². The van der Waals surface area contributed by atoms with Crippen LogP contribution in [0.2, 0.25) is 5.02 Å². The van der Waals surface area contributed by atoms with Gasteiger partial charge in [0, 0.05) is 25.4 Å². The van der Waals surface area contributed by atoms with Gasteiger partial charge in [-0.1, -0.05) is 24.6 Å². The zero-order valence-corrected chi connectivity index (χ0v) is 12.9. The molecule has 0 amide bonds. The minimum absolute atomic E-state index is 0.574. The molecule has 0 spiro atoms. The SMILES string of the molecule is CCN(C)CCn1c(CCCl)nc2cccc(Cl)c21. The van der Waals surface area contributed by atoms with E-state index in [0.717, 1.165) is 47.9 Å². The molecule has 104 valence electrons. The van der Waals surface area contributed by atoms with E-state index >= 15 is 0 Å². The van der Waals surface area contributed by atoms with Gasteiger partial charge in [0.25, 0.3) is 0 Å². The van der Waals surface area contributed by atoms with Crippen molar-refractivity contribution in [2.75, 3.05) is 26.0 Å². The predicted octanol–water partition coefficient (Wildman–Crippen LogP) is 3.42. The zero-order chi connectivity index (χ0) is 13.8. The number of fused-ring (bicyclic) bond motifs is 1. The van der Waals surface area contributed by atoms with Crippen LogP contribution in [0.25, 0.3) is 11.0 Å². The fourth-order valence-corrected chi connectivity index (χ4v) is 2.58. The molecule has 0 unspecified atom stereocenters. The largest absolute Gasteiger partial charge is 0.325 e. The molecule has 3 nitrogen and oxygen atoms in total. The van der Waals surface area contributed by atoms with Crippen LogP contribution < -0.4 is 0 Å². The van der Waals surface area contributed by atoms with Crippen LogP contribution in [0.1, 0.15) is 12.7 Å². The van der Waals surface area contributed by atoms with Gasteiger partial charge in [-0.05, 0) is 25.7 Å². The summed E-state index contributed by atoms with van der Waals surface area (Å²) in [7, 11) is 2.11. The third-order valence-corrected chi connectivity index (χ3v) is 3.85. The summed E-state index contributed by atoms with van der Waals surface area (Å²) >= 11 is 12.2. The highest BCUT2D eigenvalue weighted by atomic mass is 35.5. The Morgan fingerprint density at radius 2 is 2.16 bits per heavy atom. The number of halogens is 2. The summed E-state index contributed by atoms with van der Waals surface area (Å²) in [5.74, 6) is 1.59. The quantitative estimate of drug-likeness (QED) is 0.762. The van der Waals surface area contributed by atoms with Crippen molar-refractivity contribution in [1.29, 1.82) is 0 Å². The molecule has 0 saturated carbocycles. The molecular formula is C14H19Cl2N3. The molecule has 0 bridgehead atoms. The van der Waals surface area contributed by atoms with E-state index in [1.807, 2.05) is 18.2 Å². The number of hydrogen-bond acceptors (Lipinski definition) is 2. The van der Waals surface area contributed by atoms with E-state index in [1.165, 1.54) is 0 Å². The number of imidazole rings is 1. The van der Waals surface area contributed by atoms with Gasteiger partial charge in [-0.15, -0.1) is 11.6 Å². The Kier molecular flexibility index (Phi) is 5.08. The maximum atomic E-state index is 6.32. The van der Waals surface area contributed by atoms with Crippen molar-refractivity contribution in [3.63, 3.8) is 0 Å². The van der Waals surface area contributed by atoms with Crippen LogP contribution in [-0.4, -0.2) is 40.5 Å². The van der Waals surface area contributed by atoms with Crippen LogP contribution in [0, 0.1) is 0 Å². The number of nitrogens with zero attached hydrogens (tertiary/aromatic N) is 3. The van der Waals surface area contributed by atoms with Crippen molar-refractivity contribution in [1.82, 2.24) is 14.5 Å². The Bertz CT molecular complexity index is 551. The standard InChI is InChI=1S/C14H19Cl2N3/c1-3-18(2)9-10-19-13(7-8-15)17-12-6-4-5-11(16)14(12)19/h4-6H,3,7-10H2,1-2H3. The minimum Gasteiger partial charge on any atom is -0.325 e. The first-order valence-electron chi connectivity index (χ1n) is 6.55. The lowest BCUT2D eigenvalue weighted by atomic mass is 10.3. The van der Waals surface area contributed by atoms with Gasteiger partial charge < -0.3 is 9.47 Å². The van der Waals surface area contributed by atoms with E-state index in [-0.39, 0.29) is 0 Å². The highest BCUT2D eigenvalue weighted by Gasteiger charge is 2.13. The van der Waals surface area contributed by atoms with Crippen molar-refractivity contribution in [2.45, 2.75) is 19.9 Å². The monoisotopic (exact) mass is 299 g/mol. The van der Waals surface area contributed by atoms with Crippen molar-refractivity contribution < 1.29 is 0 Å². The van der Waals surface area contributed by atoms with Gasteiger partial charge in [-0.2, -0.15) is 0 Å². The van der Waals surface area contributed by atoms with Crippen LogP contribution in [0.3, 0.4) is 0 Å². The Labute approximate surface area is 124 Å². The molecular weight excluding hydrogens is 281 g/mol. The smallest absolute Gasteiger partial charge is 0.111 e. The summed E-state index contributed by atoms with van der Waals surface area (Å²) in [6.07, 6.45) is 0.766. The summed E-state index contributed by atoms with van der Waals surface area (Å²) in [6.45, 7) is 5.04. The fraction of sp³-hybridized carbons (Fsp3) is 0.500. The van der Waals surface area contributed by atoms with E-state index in [2.05, 4.69) is 28.4 Å². The molecule has 19 heavy (non-hydrogen) atoms. The first-order chi connectivity index (χ1) is 9.17. The van der Waals surface area contributed by atoms with Crippen LogP contribution >= 0.6 is 23.2 Å². The van der Waals surface area contributed by atoms with E-state index in [4.69, 9.17) is 23.2 Å². The highest BCUT2D eigenvalue weighted by Crippen LogP contribution is 2.25. The Morgan fingerprint density at radius 3 is 2.84 bits per heavy atom. The number of para-hydroxylation sites is 1. The summed E-state index contributed by atoms with van der Waals surface area (Å²) in [6, 6.07) is 5.85. The number of hydrogen-bond donors (Lipinski definition) is 0. The molecule has 1 aromatic carbocycles. The number of likely N-dealkylation sites (N-methyl/N-ethyl adjacent to an activating group) is 1. The fourth-order valence-electron chi connectivity index (χ4n) is 2.13. The molecule has 0 aliphatic carbocycles. The topological polar surface area (TPSA) is 21.1 Å². The van der Waals surface area contributed by atoms with Gasteiger partial charge in [-0.3, -0.25) is 0 Å². The van der Waals surface area contributed by atoms with Gasteiger partial charge in [0.1, 0.15) is 5.82 Å². The minimum atomic E-state index is 0.574. The molecule has 0 aliphatic rings. The molecule has 0 saturated heterocycles. The second-order valence-corrected chi connectivity index (χ2v) is 5.41. The van der Waals surface area contributed by atoms with Gasteiger partial charge >= 0.3 is 0 Å². The zero-order valence-electron chi connectivity index (χ0n) is 11.4. The molecule has 2 aromatic rings. The molecule has 5 heteroatoms. The van der Waals surface area contributed by atoms with Gasteiger partial charge in [0.05, 0.1) is 16.1 Å². The highest BCUT2D eigenvalue weighted by molar-refractivity contribution is 6.35. The predicted molar refractivity (Wildman–Crippen MR) is 82.3 cm³/mol. The third-order valence-electron chi connectivity index (χ3n) is 3.36. The van der Waals surface area contributed by atoms with E-state index in [0.29, 0.717) is 5.88 Å². The molecule has 0 radical (unpaired) electrons. The van der Waals surface area contributed by atoms with E-state index in [9.17, 15) is 0 Å². The second-order valence-electron chi connectivity index (χ2n) is 4.62. The average molecular weight is 300 g/mol. The first kappa shape index (κ1) is 14.6. The number of aromatic nitrogens is 2. The van der Waals surface area contributed by atoms with Crippen LogP contribution in [0.4, 0.5) is 0 Å². The molecule has 0 atom stereocenters. The van der Waals surface area contributed by atoms with Gasteiger partial charge in [0.15, 0.2) is 0 Å². The molecule has 0 N–H and O–H groups in total. The Morgan fingerprint density at radius 1 is 1.37 bits per heavy atom. The molecule has 2 rings (SSSR count). The van der Waals surface area contributed by atoms with Crippen LogP contribution in [0.15, 0.2) is 18.2 Å². The summed E-state index contributed by atoms with van der Waals surface area (Å²) in [5, 5.41) is 0.755. The van der Waals surface area contributed by atoms with E-state index in [1.54, 1.807) is 0 Å². The number of alkyl halides is 1. The van der Waals surface area contributed by atoms with Gasteiger partial charge in [-0.25, -0.2) is 4.98 Å². The van der Waals surface area contributed by atoms with Crippen molar-refractivity contribution in [2.24, 2.45) is 0 Å². The molecule has 1 aromatic heterocycles.